The average molecular weight is 742 g/mol. The van der Waals surface area contributed by atoms with Crippen LogP contribution in [-0.2, 0) is 4.79 Å². The lowest BCUT2D eigenvalue weighted by Crippen LogP contribution is -2.62. The molecule has 1 saturated carbocycles. The van der Waals surface area contributed by atoms with Gasteiger partial charge in [0.15, 0.2) is 5.82 Å². The third-order valence-corrected chi connectivity index (χ3v) is 12.5. The molecule has 9 nitrogen and oxygen atoms in total. The Bertz CT molecular complexity index is 2130. The van der Waals surface area contributed by atoms with E-state index in [0.29, 0.717) is 37.4 Å². The number of thiophene rings is 1. The van der Waals surface area contributed by atoms with Gasteiger partial charge in [0, 0.05) is 60.4 Å². The molecule has 1 aliphatic carbocycles. The van der Waals surface area contributed by atoms with Crippen LogP contribution >= 0.6 is 22.9 Å². The molecular weight excluding hydrogens is 706 g/mol. The zero-order valence-corrected chi connectivity index (χ0v) is 29.7. The summed E-state index contributed by atoms with van der Waals surface area (Å²) in [5, 5.41) is 10.5. The van der Waals surface area contributed by atoms with Crippen LogP contribution in [0.4, 0.5) is 28.4 Å². The fraction of sp³-hybridized carbons (Fsp3) is 0.500. The quantitative estimate of drug-likeness (QED) is 0.206. The largest absolute Gasteiger partial charge is 0.459 e. The van der Waals surface area contributed by atoms with Gasteiger partial charge in [0.05, 0.1) is 15.3 Å². The van der Waals surface area contributed by atoms with Crippen LogP contribution in [0, 0.1) is 34.3 Å². The first-order valence-electron chi connectivity index (χ1n) is 17.2. The number of likely N-dealkylation sites (tertiary alicyclic amines) is 2. The molecule has 1 unspecified atom stereocenters. The molecule has 0 radical (unpaired) electrons. The van der Waals surface area contributed by atoms with Gasteiger partial charge in [-0.05, 0) is 63.9 Å². The lowest BCUT2D eigenvalue weighted by atomic mass is 9.75. The highest BCUT2D eigenvalue weighted by Gasteiger charge is 2.64. The number of fused-ring (bicyclic) bond motifs is 2. The third kappa shape index (κ3) is 5.72. The lowest BCUT2D eigenvalue weighted by molar-refractivity contribution is -0.147. The number of nitriles is 1. The number of alkyl halides is 2. The first kappa shape index (κ1) is 34.2. The van der Waals surface area contributed by atoms with Crippen LogP contribution in [0.1, 0.15) is 51.0 Å². The van der Waals surface area contributed by atoms with Crippen LogP contribution in [0.15, 0.2) is 18.2 Å². The number of rotatable bonds is 6. The van der Waals surface area contributed by atoms with Gasteiger partial charge in [-0.2, -0.15) is 15.2 Å². The van der Waals surface area contributed by atoms with Crippen molar-refractivity contribution in [2.24, 2.45) is 11.3 Å². The van der Waals surface area contributed by atoms with Gasteiger partial charge in [-0.25, -0.2) is 17.6 Å². The zero-order valence-electron chi connectivity index (χ0n) is 28.1. The number of hydrogen-bond donors (Lipinski definition) is 1. The second kappa shape index (κ2) is 12.3. The van der Waals surface area contributed by atoms with E-state index < -0.39 is 35.8 Å². The van der Waals surface area contributed by atoms with E-state index in [9.17, 15) is 23.2 Å². The molecule has 2 N–H and O–H groups in total. The molecule has 1 spiro atoms. The Kier molecular flexibility index (Phi) is 8.27. The first-order valence-corrected chi connectivity index (χ1v) is 18.4. The molecule has 4 aromatic rings. The van der Waals surface area contributed by atoms with E-state index in [-0.39, 0.29) is 65.9 Å². The van der Waals surface area contributed by atoms with Gasteiger partial charge in [-0.1, -0.05) is 24.1 Å². The maximum absolute atomic E-state index is 17.1. The van der Waals surface area contributed by atoms with Crippen molar-refractivity contribution in [2.75, 3.05) is 50.4 Å². The van der Waals surface area contributed by atoms with Crippen molar-refractivity contribution in [3.63, 3.8) is 0 Å². The number of nitrogens with two attached hydrogens (primary N) is 1. The number of anilines is 2. The molecule has 2 aromatic carbocycles. The fourth-order valence-corrected chi connectivity index (χ4v) is 9.65. The summed E-state index contributed by atoms with van der Waals surface area (Å²) in [6, 6.07) is 6.29. The highest BCUT2D eigenvalue weighted by Crippen LogP contribution is 2.52. The number of likely N-dealkylation sites (N-methyl/N-ethyl adjacent to an activating group) is 1. The number of amides is 1. The van der Waals surface area contributed by atoms with E-state index in [1.54, 1.807) is 6.07 Å². The number of halogens is 5. The smallest absolute Gasteiger partial charge is 0.319 e. The normalized spacial score (nSPS) is 23.3. The van der Waals surface area contributed by atoms with E-state index in [4.69, 9.17) is 27.1 Å². The SMILES string of the molecule is C[C@H](Oc1nc(N2CCCCC3(CN(C(=O)[C@@H]4CC4(F)F)C3)C2)c2cc(Cl)c(-c3ccc(F)c4sc(N)c(C#N)c34)c(F)c2n1)C1CCCN1C. The van der Waals surface area contributed by atoms with Crippen LogP contribution in [0.2, 0.25) is 5.02 Å². The van der Waals surface area contributed by atoms with E-state index in [0.717, 1.165) is 50.0 Å². The summed E-state index contributed by atoms with van der Waals surface area (Å²) in [6.07, 6.45) is 3.68. The van der Waals surface area contributed by atoms with Gasteiger partial charge in [-0.3, -0.25) is 9.69 Å². The summed E-state index contributed by atoms with van der Waals surface area (Å²) in [4.78, 5) is 28.0. The second-order valence-electron chi connectivity index (χ2n) is 14.6. The Morgan fingerprint density at radius 3 is 2.63 bits per heavy atom. The van der Waals surface area contributed by atoms with Crippen molar-refractivity contribution in [3.05, 3.63) is 40.4 Å². The van der Waals surface area contributed by atoms with Crippen LogP contribution < -0.4 is 15.4 Å². The molecule has 2 aromatic heterocycles. The molecule has 8 rings (SSSR count). The molecule has 15 heteroatoms. The molecule has 4 fully saturated rings. The topological polar surface area (TPSA) is 112 Å². The van der Waals surface area contributed by atoms with Crippen LogP contribution in [0.3, 0.4) is 0 Å². The number of carbonyl (C=O) groups is 1. The molecular formula is C36H36ClF4N7O2S. The van der Waals surface area contributed by atoms with Gasteiger partial charge < -0.3 is 20.3 Å². The van der Waals surface area contributed by atoms with E-state index >= 15 is 4.39 Å². The highest BCUT2D eigenvalue weighted by atomic mass is 35.5. The molecule has 4 aliphatic rings. The summed E-state index contributed by atoms with van der Waals surface area (Å²) in [5.74, 6) is -5.63. The second-order valence-corrected chi connectivity index (χ2v) is 16.1. The Hall–Kier alpha value is -3.93. The van der Waals surface area contributed by atoms with Crippen molar-refractivity contribution >= 4 is 60.7 Å². The van der Waals surface area contributed by atoms with Crippen LogP contribution in [-0.4, -0.2) is 83.5 Å². The number of ether oxygens (including phenoxy) is 1. The molecule has 5 heterocycles. The molecule has 51 heavy (non-hydrogen) atoms. The van der Waals surface area contributed by atoms with Gasteiger partial charge in [0.2, 0.25) is 5.91 Å². The zero-order chi connectivity index (χ0) is 36.0. The Labute approximate surface area is 300 Å². The number of nitrogens with zero attached hydrogens (tertiary/aromatic N) is 6. The van der Waals surface area contributed by atoms with Gasteiger partial charge in [-0.15, -0.1) is 11.3 Å². The minimum absolute atomic E-state index is 0.0105. The monoisotopic (exact) mass is 741 g/mol. The van der Waals surface area contributed by atoms with Crippen LogP contribution in [0.5, 0.6) is 6.01 Å². The van der Waals surface area contributed by atoms with Crippen molar-refractivity contribution in [3.8, 4) is 23.2 Å². The first-order chi connectivity index (χ1) is 24.3. The summed E-state index contributed by atoms with van der Waals surface area (Å²) in [7, 11) is 2.03. The van der Waals surface area contributed by atoms with E-state index in [1.807, 2.05) is 24.9 Å². The average Bonchev–Trinajstić information content (AvgIpc) is 3.40. The van der Waals surface area contributed by atoms with Crippen LogP contribution in [0.25, 0.3) is 32.1 Å². The molecule has 268 valence electrons. The fourth-order valence-electron chi connectivity index (χ4n) is 8.41. The van der Waals surface area contributed by atoms with Gasteiger partial charge in [0.1, 0.15) is 40.2 Å². The maximum atomic E-state index is 17.1. The number of hydrogen-bond acceptors (Lipinski definition) is 9. The lowest BCUT2D eigenvalue weighted by Gasteiger charge is -2.51. The number of carbonyl (C=O) groups excluding carboxylic acids is 1. The molecule has 1 amide bonds. The van der Waals surface area contributed by atoms with Crippen molar-refractivity contribution in [2.45, 2.75) is 63.5 Å². The Morgan fingerprint density at radius 1 is 1.18 bits per heavy atom. The summed E-state index contributed by atoms with van der Waals surface area (Å²) in [5.41, 5.74) is 5.87. The predicted molar refractivity (Wildman–Crippen MR) is 188 cm³/mol. The standard InChI is InChI=1S/C36H36ClF4N7O2S/c1-18(25-6-5-10-46(25)2)50-34-44-29-20(12-23(37)27(28(29)39)19-7-8-24(38)30-26(19)21(14-42)31(43)51-30)32(45-34)47-11-4-3-9-35(15-47)16-48(17-35)33(49)22-13-36(22,40)41/h7-8,12,18,22,25H,3-6,9-11,13,15-17,43H2,1-2H3/t18-,22-,25?/m0/s1. The van der Waals surface area contributed by atoms with Crippen molar-refractivity contribution in [1.82, 2.24) is 19.8 Å². The molecule has 3 saturated heterocycles. The van der Waals surface area contributed by atoms with Crippen molar-refractivity contribution < 1.29 is 27.1 Å². The minimum atomic E-state index is -2.93. The summed E-state index contributed by atoms with van der Waals surface area (Å²) in [6.45, 7) is 4.61. The van der Waals surface area contributed by atoms with E-state index in [1.165, 1.54) is 17.0 Å². The predicted octanol–water partition coefficient (Wildman–Crippen LogP) is 7.23. The minimum Gasteiger partial charge on any atom is -0.459 e. The van der Waals surface area contributed by atoms with Crippen molar-refractivity contribution in [1.29, 1.82) is 5.26 Å². The third-order valence-electron chi connectivity index (χ3n) is 11.2. The summed E-state index contributed by atoms with van der Waals surface area (Å²) < 4.78 is 66.0. The molecule has 3 atom stereocenters. The Balaban J connectivity index is 1.23. The number of aromatic nitrogens is 2. The number of nitrogen functional groups attached to an aromatic ring is 1. The maximum Gasteiger partial charge on any atom is 0.319 e. The van der Waals surface area contributed by atoms with Gasteiger partial charge in [0.25, 0.3) is 5.92 Å². The summed E-state index contributed by atoms with van der Waals surface area (Å²) >= 11 is 7.81. The van der Waals surface area contributed by atoms with Gasteiger partial charge >= 0.3 is 6.01 Å². The highest BCUT2D eigenvalue weighted by molar-refractivity contribution is 7.23. The van der Waals surface area contributed by atoms with E-state index in [2.05, 4.69) is 9.88 Å². The Morgan fingerprint density at radius 2 is 1.94 bits per heavy atom. The number of benzene rings is 2. The molecule has 0 bridgehead atoms. The molecule has 3 aliphatic heterocycles.